The zero-order chi connectivity index (χ0) is 17.8. The first-order valence-electron chi connectivity index (χ1n) is 8.40. The van der Waals surface area contributed by atoms with Crippen LogP contribution in [0.15, 0.2) is 36.5 Å². The van der Waals surface area contributed by atoms with Gasteiger partial charge in [-0.05, 0) is 23.6 Å². The summed E-state index contributed by atoms with van der Waals surface area (Å²) in [6, 6.07) is 10.00. The Kier molecular flexibility index (Phi) is 5.19. The lowest BCUT2D eigenvalue weighted by Gasteiger charge is -2.12. The van der Waals surface area contributed by atoms with Gasteiger partial charge >= 0.3 is 0 Å². The molecule has 2 aromatic heterocycles. The third kappa shape index (κ3) is 3.58. The van der Waals surface area contributed by atoms with E-state index in [4.69, 9.17) is 14.5 Å². The highest BCUT2D eigenvalue weighted by Crippen LogP contribution is 2.28. The summed E-state index contributed by atoms with van der Waals surface area (Å²) in [7, 11) is 3.36. The van der Waals surface area contributed by atoms with Gasteiger partial charge in [0.1, 0.15) is 11.6 Å². The molecule has 0 saturated heterocycles. The highest BCUT2D eigenvalue weighted by Gasteiger charge is 2.14. The van der Waals surface area contributed by atoms with Crippen LogP contribution < -0.4 is 10.1 Å². The molecule has 2 heterocycles. The number of methoxy groups -OCH3 is 2. The lowest BCUT2D eigenvalue weighted by Crippen LogP contribution is -2.12. The fraction of sp³-hybridized carbons (Fsp3) is 0.368. The van der Waals surface area contributed by atoms with Gasteiger partial charge in [0.2, 0.25) is 0 Å². The standard InChI is InChI=1S/C19H24N4O2/c1-13(2)17-11-18(20-9-10-24-3)23-19(22-17)16(12-21-23)14-5-7-15(25-4)8-6-14/h5-8,11-13,20H,9-10H2,1-4H3. The minimum Gasteiger partial charge on any atom is -0.497 e. The number of anilines is 1. The van der Waals surface area contributed by atoms with Crippen molar-refractivity contribution in [2.45, 2.75) is 19.8 Å². The van der Waals surface area contributed by atoms with E-state index in [1.165, 1.54) is 0 Å². The van der Waals surface area contributed by atoms with E-state index < -0.39 is 0 Å². The molecule has 0 radical (unpaired) electrons. The monoisotopic (exact) mass is 340 g/mol. The maximum Gasteiger partial charge on any atom is 0.165 e. The number of benzene rings is 1. The van der Waals surface area contributed by atoms with E-state index in [1.807, 2.05) is 35.0 Å². The molecule has 6 nitrogen and oxygen atoms in total. The van der Waals surface area contributed by atoms with Crippen LogP contribution in [0.5, 0.6) is 5.75 Å². The summed E-state index contributed by atoms with van der Waals surface area (Å²) in [6.45, 7) is 5.63. The molecule has 0 aliphatic heterocycles. The van der Waals surface area contributed by atoms with E-state index >= 15 is 0 Å². The lowest BCUT2D eigenvalue weighted by molar-refractivity contribution is 0.210. The quantitative estimate of drug-likeness (QED) is 0.666. The number of ether oxygens (including phenoxy) is 2. The Bertz CT molecular complexity index is 841. The van der Waals surface area contributed by atoms with Crippen LogP contribution in [0.2, 0.25) is 0 Å². The van der Waals surface area contributed by atoms with E-state index in [0.29, 0.717) is 19.1 Å². The van der Waals surface area contributed by atoms with Crippen molar-refractivity contribution in [1.29, 1.82) is 0 Å². The van der Waals surface area contributed by atoms with Crippen molar-refractivity contribution in [2.75, 3.05) is 32.7 Å². The first-order chi connectivity index (χ1) is 12.1. The highest BCUT2D eigenvalue weighted by molar-refractivity contribution is 5.78. The maximum atomic E-state index is 5.24. The Hall–Kier alpha value is -2.60. The number of aromatic nitrogens is 3. The molecule has 0 atom stereocenters. The average Bonchev–Trinajstić information content (AvgIpc) is 3.06. The molecule has 0 fully saturated rings. The Morgan fingerprint density at radius 3 is 2.56 bits per heavy atom. The van der Waals surface area contributed by atoms with E-state index in [1.54, 1.807) is 14.2 Å². The second kappa shape index (κ2) is 7.53. The Morgan fingerprint density at radius 1 is 1.16 bits per heavy atom. The third-order valence-corrected chi connectivity index (χ3v) is 4.10. The van der Waals surface area contributed by atoms with Crippen LogP contribution in [0.1, 0.15) is 25.5 Å². The van der Waals surface area contributed by atoms with Crippen LogP contribution in [0.25, 0.3) is 16.8 Å². The molecular weight excluding hydrogens is 316 g/mol. The minimum atomic E-state index is 0.326. The SMILES string of the molecule is COCCNc1cc(C(C)C)nc2c(-c3ccc(OC)cc3)cnn12. The van der Waals surface area contributed by atoms with Gasteiger partial charge in [-0.25, -0.2) is 4.98 Å². The minimum absolute atomic E-state index is 0.326. The topological polar surface area (TPSA) is 60.7 Å². The van der Waals surface area contributed by atoms with Gasteiger partial charge < -0.3 is 14.8 Å². The van der Waals surface area contributed by atoms with Gasteiger partial charge in [-0.3, -0.25) is 0 Å². The van der Waals surface area contributed by atoms with Gasteiger partial charge in [0, 0.05) is 31.0 Å². The Morgan fingerprint density at radius 2 is 1.92 bits per heavy atom. The summed E-state index contributed by atoms with van der Waals surface area (Å²) < 4.78 is 12.2. The van der Waals surface area contributed by atoms with E-state index in [9.17, 15) is 0 Å². The molecule has 0 bridgehead atoms. The van der Waals surface area contributed by atoms with Crippen molar-refractivity contribution in [3.63, 3.8) is 0 Å². The summed E-state index contributed by atoms with van der Waals surface area (Å²) in [5.41, 5.74) is 3.94. The molecule has 0 unspecified atom stereocenters. The van der Waals surface area contributed by atoms with Crippen molar-refractivity contribution in [1.82, 2.24) is 14.6 Å². The third-order valence-electron chi connectivity index (χ3n) is 4.10. The van der Waals surface area contributed by atoms with Gasteiger partial charge in [-0.2, -0.15) is 9.61 Å². The average molecular weight is 340 g/mol. The first-order valence-corrected chi connectivity index (χ1v) is 8.40. The van der Waals surface area contributed by atoms with Crippen molar-refractivity contribution < 1.29 is 9.47 Å². The predicted molar refractivity (Wildman–Crippen MR) is 99.4 cm³/mol. The van der Waals surface area contributed by atoms with Crippen molar-refractivity contribution >= 4 is 11.5 Å². The smallest absolute Gasteiger partial charge is 0.165 e. The number of hydrogen-bond donors (Lipinski definition) is 1. The number of hydrogen-bond acceptors (Lipinski definition) is 5. The van der Waals surface area contributed by atoms with E-state index in [2.05, 4.69) is 30.3 Å². The summed E-state index contributed by atoms with van der Waals surface area (Å²) >= 11 is 0. The second-order valence-corrected chi connectivity index (χ2v) is 6.16. The highest BCUT2D eigenvalue weighted by atomic mass is 16.5. The summed E-state index contributed by atoms with van der Waals surface area (Å²) in [5.74, 6) is 2.08. The number of nitrogens with zero attached hydrogens (tertiary/aromatic N) is 3. The van der Waals surface area contributed by atoms with E-state index in [-0.39, 0.29) is 0 Å². The normalized spacial score (nSPS) is 11.2. The molecule has 0 spiro atoms. The zero-order valence-electron chi connectivity index (χ0n) is 15.1. The molecule has 3 aromatic rings. The number of nitrogens with one attached hydrogen (secondary N) is 1. The Balaban J connectivity index is 2.07. The molecule has 25 heavy (non-hydrogen) atoms. The molecule has 0 aliphatic carbocycles. The molecule has 1 N–H and O–H groups in total. The summed E-state index contributed by atoms with van der Waals surface area (Å²) in [6.07, 6.45) is 1.86. The molecule has 1 aromatic carbocycles. The summed E-state index contributed by atoms with van der Waals surface area (Å²) in [4.78, 5) is 4.84. The van der Waals surface area contributed by atoms with Crippen LogP contribution in [-0.4, -0.2) is 42.0 Å². The molecule has 0 aliphatic rings. The van der Waals surface area contributed by atoms with Crippen LogP contribution in [-0.2, 0) is 4.74 Å². The van der Waals surface area contributed by atoms with Crippen molar-refractivity contribution in [3.8, 4) is 16.9 Å². The van der Waals surface area contributed by atoms with Gasteiger partial charge in [-0.1, -0.05) is 26.0 Å². The van der Waals surface area contributed by atoms with Crippen LogP contribution in [0.4, 0.5) is 5.82 Å². The number of rotatable bonds is 7. The molecule has 6 heteroatoms. The maximum absolute atomic E-state index is 5.24. The lowest BCUT2D eigenvalue weighted by atomic mass is 10.1. The Labute approximate surface area is 147 Å². The molecule has 0 amide bonds. The molecule has 132 valence electrons. The summed E-state index contributed by atoms with van der Waals surface area (Å²) in [5, 5.41) is 7.92. The largest absolute Gasteiger partial charge is 0.497 e. The second-order valence-electron chi connectivity index (χ2n) is 6.16. The van der Waals surface area contributed by atoms with Gasteiger partial charge in [0.15, 0.2) is 5.65 Å². The van der Waals surface area contributed by atoms with E-state index in [0.717, 1.165) is 34.0 Å². The van der Waals surface area contributed by atoms with Crippen LogP contribution >= 0.6 is 0 Å². The van der Waals surface area contributed by atoms with Crippen molar-refractivity contribution in [3.05, 3.63) is 42.2 Å². The number of fused-ring (bicyclic) bond motifs is 1. The van der Waals surface area contributed by atoms with Crippen molar-refractivity contribution in [2.24, 2.45) is 0 Å². The molecule has 3 rings (SSSR count). The molecular formula is C19H24N4O2. The fourth-order valence-corrected chi connectivity index (χ4v) is 2.66. The fourth-order valence-electron chi connectivity index (χ4n) is 2.66. The first kappa shape index (κ1) is 17.2. The molecule has 0 saturated carbocycles. The van der Waals surface area contributed by atoms with Gasteiger partial charge in [0.05, 0.1) is 19.9 Å². The van der Waals surface area contributed by atoms with Gasteiger partial charge in [-0.15, -0.1) is 0 Å². The zero-order valence-corrected chi connectivity index (χ0v) is 15.1. The van der Waals surface area contributed by atoms with Crippen LogP contribution in [0.3, 0.4) is 0 Å². The van der Waals surface area contributed by atoms with Crippen LogP contribution in [0, 0.1) is 0 Å². The van der Waals surface area contributed by atoms with Gasteiger partial charge in [0.25, 0.3) is 0 Å². The predicted octanol–water partition coefficient (Wildman–Crippen LogP) is 3.59.